The monoisotopic (exact) mass is 248 g/mol. The summed E-state index contributed by atoms with van der Waals surface area (Å²) in [4.78, 5) is 0. The Kier molecular flexibility index (Phi) is 3.84. The Morgan fingerprint density at radius 1 is 1.28 bits per heavy atom. The third-order valence-corrected chi connectivity index (χ3v) is 3.69. The van der Waals surface area contributed by atoms with Gasteiger partial charge in [-0.15, -0.1) is 0 Å². The average molecular weight is 248 g/mol. The normalized spacial score (nSPS) is 17.1. The van der Waals surface area contributed by atoms with Gasteiger partial charge in [0.25, 0.3) is 0 Å². The van der Waals surface area contributed by atoms with Crippen LogP contribution >= 0.6 is 0 Å². The largest absolute Gasteiger partial charge is 0.508 e. The van der Waals surface area contributed by atoms with E-state index in [1.54, 1.807) is 6.07 Å². The molecule has 0 radical (unpaired) electrons. The molecule has 0 atom stereocenters. The van der Waals surface area contributed by atoms with Crippen LogP contribution in [0.1, 0.15) is 57.6 Å². The van der Waals surface area contributed by atoms with Gasteiger partial charge in [0.1, 0.15) is 17.1 Å². The molecule has 100 valence electrons. The van der Waals surface area contributed by atoms with E-state index in [2.05, 4.69) is 26.8 Å². The molecule has 1 heterocycles. The molecule has 2 nitrogen and oxygen atoms in total. The Hall–Kier alpha value is -1.18. The van der Waals surface area contributed by atoms with Gasteiger partial charge in [-0.2, -0.15) is 0 Å². The number of hydrogen-bond acceptors (Lipinski definition) is 2. The fraction of sp³-hybridized carbons (Fsp3) is 0.625. The lowest BCUT2D eigenvalue weighted by Crippen LogP contribution is -2.32. The molecule has 0 amide bonds. The molecule has 0 aliphatic carbocycles. The molecule has 2 heteroatoms. The molecule has 1 aromatic carbocycles. The Bertz CT molecular complexity index is 421. The van der Waals surface area contributed by atoms with Crippen LogP contribution in [-0.4, -0.2) is 10.7 Å². The highest BCUT2D eigenvalue weighted by Crippen LogP contribution is 2.37. The van der Waals surface area contributed by atoms with Gasteiger partial charge in [0.2, 0.25) is 0 Å². The molecule has 1 aromatic rings. The van der Waals surface area contributed by atoms with Crippen molar-refractivity contribution in [1.29, 1.82) is 0 Å². The maximum absolute atomic E-state index is 10.1. The summed E-state index contributed by atoms with van der Waals surface area (Å²) in [6, 6.07) is 3.94. The number of aromatic hydroxyl groups is 1. The van der Waals surface area contributed by atoms with Gasteiger partial charge in [0, 0.05) is 6.07 Å². The van der Waals surface area contributed by atoms with Crippen molar-refractivity contribution in [2.24, 2.45) is 0 Å². The van der Waals surface area contributed by atoms with Crippen LogP contribution in [0.15, 0.2) is 12.1 Å². The van der Waals surface area contributed by atoms with E-state index >= 15 is 0 Å². The van der Waals surface area contributed by atoms with Crippen LogP contribution in [0.2, 0.25) is 0 Å². The number of phenolic OH excluding ortho intramolecular Hbond substituents is 1. The fourth-order valence-corrected chi connectivity index (χ4v) is 2.51. The standard InChI is InChI=1S/C16H24O2/c1-4-5-6-7-12-10-13-8-9-16(2,3)18-15(13)11-14(12)17/h10-11,17H,4-9H2,1-3H3. The third-order valence-electron chi connectivity index (χ3n) is 3.69. The summed E-state index contributed by atoms with van der Waals surface area (Å²) in [5.41, 5.74) is 2.22. The molecule has 0 saturated carbocycles. The predicted molar refractivity (Wildman–Crippen MR) is 74.4 cm³/mol. The number of aryl methyl sites for hydroxylation is 2. The smallest absolute Gasteiger partial charge is 0.127 e. The highest BCUT2D eigenvalue weighted by Gasteiger charge is 2.27. The summed E-state index contributed by atoms with van der Waals surface area (Å²) in [7, 11) is 0. The number of phenols is 1. The van der Waals surface area contributed by atoms with Gasteiger partial charge in [0.05, 0.1) is 0 Å². The van der Waals surface area contributed by atoms with Crippen molar-refractivity contribution >= 4 is 0 Å². The zero-order chi connectivity index (χ0) is 13.2. The summed E-state index contributed by atoms with van der Waals surface area (Å²) in [6.45, 7) is 6.40. The minimum atomic E-state index is -0.108. The van der Waals surface area contributed by atoms with Gasteiger partial charge < -0.3 is 9.84 Å². The maximum Gasteiger partial charge on any atom is 0.127 e. The number of benzene rings is 1. The molecular formula is C16H24O2. The lowest BCUT2D eigenvalue weighted by atomic mass is 9.92. The Morgan fingerprint density at radius 2 is 2.06 bits per heavy atom. The first-order valence-corrected chi connectivity index (χ1v) is 7.05. The van der Waals surface area contributed by atoms with Crippen LogP contribution in [0.25, 0.3) is 0 Å². The quantitative estimate of drug-likeness (QED) is 0.808. The van der Waals surface area contributed by atoms with Gasteiger partial charge in [0.15, 0.2) is 0 Å². The minimum absolute atomic E-state index is 0.108. The fourth-order valence-electron chi connectivity index (χ4n) is 2.51. The second-order valence-corrected chi connectivity index (χ2v) is 5.91. The van der Waals surface area contributed by atoms with Gasteiger partial charge in [-0.05, 0) is 56.7 Å². The summed E-state index contributed by atoms with van der Waals surface area (Å²) < 4.78 is 5.92. The first kappa shape index (κ1) is 13.3. The summed E-state index contributed by atoms with van der Waals surface area (Å²) >= 11 is 0. The molecule has 0 unspecified atom stereocenters. The number of rotatable bonds is 4. The van der Waals surface area contributed by atoms with Crippen molar-refractivity contribution in [3.8, 4) is 11.5 Å². The first-order chi connectivity index (χ1) is 8.52. The third kappa shape index (κ3) is 2.98. The van der Waals surface area contributed by atoms with Crippen molar-refractivity contribution in [2.45, 2.75) is 64.9 Å². The molecule has 1 aliphatic heterocycles. The Balaban J connectivity index is 2.16. The van der Waals surface area contributed by atoms with Crippen molar-refractivity contribution in [3.63, 3.8) is 0 Å². The van der Waals surface area contributed by atoms with E-state index in [0.29, 0.717) is 5.75 Å². The van der Waals surface area contributed by atoms with Gasteiger partial charge >= 0.3 is 0 Å². The molecular weight excluding hydrogens is 224 g/mol. The van der Waals surface area contributed by atoms with E-state index in [9.17, 15) is 5.11 Å². The molecule has 0 bridgehead atoms. The molecule has 18 heavy (non-hydrogen) atoms. The predicted octanol–water partition coefficient (Wildman–Crippen LogP) is 4.23. The van der Waals surface area contributed by atoms with Crippen LogP contribution in [0.4, 0.5) is 0 Å². The molecule has 0 spiro atoms. The average Bonchev–Trinajstić information content (AvgIpc) is 2.29. The number of hydrogen-bond donors (Lipinski definition) is 1. The van der Waals surface area contributed by atoms with Crippen molar-refractivity contribution in [2.75, 3.05) is 0 Å². The molecule has 1 N–H and O–H groups in total. The highest BCUT2D eigenvalue weighted by molar-refractivity contribution is 5.47. The lowest BCUT2D eigenvalue weighted by Gasteiger charge is -2.33. The summed E-state index contributed by atoms with van der Waals surface area (Å²) in [5, 5.41) is 10.1. The van der Waals surface area contributed by atoms with Gasteiger partial charge in [-0.25, -0.2) is 0 Å². The van der Waals surface area contributed by atoms with E-state index in [4.69, 9.17) is 4.74 Å². The van der Waals surface area contributed by atoms with E-state index < -0.39 is 0 Å². The molecule has 2 rings (SSSR count). The van der Waals surface area contributed by atoms with Crippen LogP contribution in [0.3, 0.4) is 0 Å². The van der Waals surface area contributed by atoms with Crippen molar-refractivity contribution in [1.82, 2.24) is 0 Å². The van der Waals surface area contributed by atoms with E-state index in [-0.39, 0.29) is 5.60 Å². The zero-order valence-corrected chi connectivity index (χ0v) is 11.8. The van der Waals surface area contributed by atoms with Gasteiger partial charge in [-0.3, -0.25) is 0 Å². The van der Waals surface area contributed by atoms with E-state index in [1.165, 1.54) is 18.4 Å². The van der Waals surface area contributed by atoms with Gasteiger partial charge in [-0.1, -0.05) is 19.8 Å². The minimum Gasteiger partial charge on any atom is -0.508 e. The Labute approximate surface area is 110 Å². The molecule has 1 aliphatic rings. The highest BCUT2D eigenvalue weighted by atomic mass is 16.5. The number of fused-ring (bicyclic) bond motifs is 1. The van der Waals surface area contributed by atoms with Crippen LogP contribution in [0, 0.1) is 0 Å². The molecule has 0 aromatic heterocycles. The number of unbranched alkanes of at least 4 members (excludes halogenated alkanes) is 2. The maximum atomic E-state index is 10.1. The van der Waals surface area contributed by atoms with Crippen LogP contribution in [0.5, 0.6) is 11.5 Å². The van der Waals surface area contributed by atoms with Crippen LogP contribution < -0.4 is 4.74 Å². The lowest BCUT2D eigenvalue weighted by molar-refractivity contribution is 0.0843. The number of ether oxygens (including phenoxy) is 1. The second-order valence-electron chi connectivity index (χ2n) is 5.91. The summed E-state index contributed by atoms with van der Waals surface area (Å²) in [6.07, 6.45) is 6.64. The van der Waals surface area contributed by atoms with E-state index in [1.807, 2.05) is 0 Å². The molecule has 0 saturated heterocycles. The topological polar surface area (TPSA) is 29.5 Å². The second kappa shape index (κ2) is 5.21. The molecule has 0 fully saturated rings. The summed E-state index contributed by atoms with van der Waals surface area (Å²) in [5.74, 6) is 1.26. The zero-order valence-electron chi connectivity index (χ0n) is 11.8. The first-order valence-electron chi connectivity index (χ1n) is 7.05. The SMILES string of the molecule is CCCCCc1cc2c(cc1O)OC(C)(C)CC2. The van der Waals surface area contributed by atoms with E-state index in [0.717, 1.165) is 37.0 Å². The van der Waals surface area contributed by atoms with Crippen molar-refractivity contribution in [3.05, 3.63) is 23.3 Å². The van der Waals surface area contributed by atoms with Crippen molar-refractivity contribution < 1.29 is 9.84 Å². The van der Waals surface area contributed by atoms with Crippen LogP contribution in [-0.2, 0) is 12.8 Å². The Morgan fingerprint density at radius 3 is 2.78 bits per heavy atom.